The SMILES string of the molecule is c1ccc(Oc2ccnc(N3CCNCC3)n2)cc1. The van der Waals surface area contributed by atoms with Crippen molar-refractivity contribution in [2.45, 2.75) is 0 Å². The van der Waals surface area contributed by atoms with Crippen LogP contribution < -0.4 is 15.0 Å². The predicted molar refractivity (Wildman–Crippen MR) is 73.6 cm³/mol. The highest BCUT2D eigenvalue weighted by Crippen LogP contribution is 2.20. The molecule has 2 heterocycles. The fourth-order valence-electron chi connectivity index (χ4n) is 2.02. The Kier molecular flexibility index (Phi) is 3.56. The Bertz CT molecular complexity index is 526. The lowest BCUT2D eigenvalue weighted by atomic mass is 10.3. The summed E-state index contributed by atoms with van der Waals surface area (Å²) < 4.78 is 5.72. The molecular weight excluding hydrogens is 240 g/mol. The van der Waals surface area contributed by atoms with Gasteiger partial charge in [-0.1, -0.05) is 18.2 Å². The highest BCUT2D eigenvalue weighted by molar-refractivity contribution is 5.34. The Morgan fingerprint density at radius 3 is 2.63 bits per heavy atom. The van der Waals surface area contributed by atoms with Crippen molar-refractivity contribution in [3.8, 4) is 11.6 Å². The molecule has 1 N–H and O–H groups in total. The van der Waals surface area contributed by atoms with E-state index in [1.807, 2.05) is 30.3 Å². The number of piperazine rings is 1. The molecule has 0 amide bonds. The van der Waals surface area contributed by atoms with Crippen molar-refractivity contribution in [1.29, 1.82) is 0 Å². The first-order valence-electron chi connectivity index (χ1n) is 6.43. The molecule has 0 spiro atoms. The predicted octanol–water partition coefficient (Wildman–Crippen LogP) is 1.68. The summed E-state index contributed by atoms with van der Waals surface area (Å²) in [6.45, 7) is 3.78. The van der Waals surface area contributed by atoms with Crippen LogP contribution in [-0.2, 0) is 0 Å². The molecule has 1 aromatic heterocycles. The molecule has 1 aromatic carbocycles. The van der Waals surface area contributed by atoms with Crippen LogP contribution in [0.4, 0.5) is 5.95 Å². The van der Waals surface area contributed by atoms with E-state index in [4.69, 9.17) is 4.74 Å². The average Bonchev–Trinajstić information content (AvgIpc) is 2.49. The summed E-state index contributed by atoms with van der Waals surface area (Å²) in [7, 11) is 0. The Labute approximate surface area is 112 Å². The van der Waals surface area contributed by atoms with E-state index in [-0.39, 0.29) is 0 Å². The molecule has 1 saturated heterocycles. The van der Waals surface area contributed by atoms with Crippen molar-refractivity contribution in [3.63, 3.8) is 0 Å². The molecule has 0 atom stereocenters. The Morgan fingerprint density at radius 1 is 1.05 bits per heavy atom. The van der Waals surface area contributed by atoms with Gasteiger partial charge in [-0.25, -0.2) is 4.98 Å². The van der Waals surface area contributed by atoms with Gasteiger partial charge in [-0.3, -0.25) is 0 Å². The van der Waals surface area contributed by atoms with Crippen LogP contribution in [0, 0.1) is 0 Å². The van der Waals surface area contributed by atoms with E-state index >= 15 is 0 Å². The van der Waals surface area contributed by atoms with Gasteiger partial charge in [-0.15, -0.1) is 0 Å². The van der Waals surface area contributed by atoms with E-state index in [9.17, 15) is 0 Å². The highest BCUT2D eigenvalue weighted by Gasteiger charge is 2.13. The summed E-state index contributed by atoms with van der Waals surface area (Å²) in [5.74, 6) is 2.09. The van der Waals surface area contributed by atoms with E-state index in [0.29, 0.717) is 5.88 Å². The molecule has 0 saturated carbocycles. The summed E-state index contributed by atoms with van der Waals surface area (Å²) in [6, 6.07) is 11.4. The van der Waals surface area contributed by atoms with Gasteiger partial charge in [-0.2, -0.15) is 4.98 Å². The Morgan fingerprint density at radius 2 is 1.84 bits per heavy atom. The number of anilines is 1. The Hall–Kier alpha value is -2.14. The van der Waals surface area contributed by atoms with Gasteiger partial charge < -0.3 is 15.0 Å². The summed E-state index contributed by atoms with van der Waals surface area (Å²) in [5, 5.41) is 3.31. The third kappa shape index (κ3) is 3.00. The van der Waals surface area contributed by atoms with Gasteiger partial charge in [0.2, 0.25) is 11.8 Å². The van der Waals surface area contributed by atoms with Crippen LogP contribution >= 0.6 is 0 Å². The minimum atomic E-state index is 0.578. The smallest absolute Gasteiger partial charge is 0.228 e. The zero-order valence-electron chi connectivity index (χ0n) is 10.6. The van der Waals surface area contributed by atoms with Crippen LogP contribution in [0.15, 0.2) is 42.6 Å². The molecule has 0 aliphatic carbocycles. The van der Waals surface area contributed by atoms with Gasteiger partial charge in [0, 0.05) is 38.4 Å². The zero-order valence-corrected chi connectivity index (χ0v) is 10.6. The maximum Gasteiger partial charge on any atom is 0.228 e. The van der Waals surface area contributed by atoms with E-state index in [0.717, 1.165) is 37.9 Å². The minimum absolute atomic E-state index is 0.578. The maximum absolute atomic E-state index is 5.72. The number of nitrogens with zero attached hydrogens (tertiary/aromatic N) is 3. The van der Waals surface area contributed by atoms with Crippen LogP contribution in [0.3, 0.4) is 0 Å². The summed E-state index contributed by atoms with van der Waals surface area (Å²) in [5.41, 5.74) is 0. The standard InChI is InChI=1S/C14H16N4O/c1-2-4-12(5-3-1)19-13-6-7-16-14(17-13)18-10-8-15-9-11-18/h1-7,15H,8-11H2. The third-order valence-electron chi connectivity index (χ3n) is 2.98. The van der Waals surface area contributed by atoms with Gasteiger partial charge in [0.15, 0.2) is 0 Å². The van der Waals surface area contributed by atoms with Crippen molar-refractivity contribution < 1.29 is 4.74 Å². The molecule has 2 aromatic rings. The fraction of sp³-hybridized carbons (Fsp3) is 0.286. The largest absolute Gasteiger partial charge is 0.439 e. The van der Waals surface area contributed by atoms with Gasteiger partial charge >= 0.3 is 0 Å². The van der Waals surface area contributed by atoms with Crippen LogP contribution in [0.25, 0.3) is 0 Å². The first-order chi connectivity index (χ1) is 9.42. The molecule has 0 unspecified atom stereocenters. The fourth-order valence-corrected chi connectivity index (χ4v) is 2.02. The lowest BCUT2D eigenvalue weighted by Crippen LogP contribution is -2.44. The number of benzene rings is 1. The summed E-state index contributed by atoms with van der Waals surface area (Å²) >= 11 is 0. The lowest BCUT2D eigenvalue weighted by molar-refractivity contribution is 0.459. The summed E-state index contributed by atoms with van der Waals surface area (Å²) in [6.07, 6.45) is 1.74. The second-order valence-corrected chi connectivity index (χ2v) is 4.35. The van der Waals surface area contributed by atoms with Crippen LogP contribution in [0.1, 0.15) is 0 Å². The maximum atomic E-state index is 5.72. The monoisotopic (exact) mass is 256 g/mol. The van der Waals surface area contributed by atoms with Crippen molar-refractivity contribution in [2.75, 3.05) is 31.1 Å². The number of ether oxygens (including phenoxy) is 1. The number of aromatic nitrogens is 2. The molecule has 19 heavy (non-hydrogen) atoms. The molecule has 5 heteroatoms. The van der Waals surface area contributed by atoms with Gasteiger partial charge in [0.25, 0.3) is 0 Å². The average molecular weight is 256 g/mol. The lowest BCUT2D eigenvalue weighted by Gasteiger charge is -2.27. The number of rotatable bonds is 3. The van der Waals surface area contributed by atoms with Crippen LogP contribution in [0.2, 0.25) is 0 Å². The molecule has 0 radical (unpaired) electrons. The highest BCUT2D eigenvalue weighted by atomic mass is 16.5. The molecule has 1 aliphatic heterocycles. The molecule has 0 bridgehead atoms. The third-order valence-corrected chi connectivity index (χ3v) is 2.98. The number of hydrogen-bond acceptors (Lipinski definition) is 5. The van der Waals surface area contributed by atoms with E-state index in [1.165, 1.54) is 0 Å². The number of para-hydroxylation sites is 1. The molecular formula is C14H16N4O. The van der Waals surface area contributed by atoms with Crippen molar-refractivity contribution in [1.82, 2.24) is 15.3 Å². The Balaban J connectivity index is 1.76. The normalized spacial score (nSPS) is 15.3. The van der Waals surface area contributed by atoms with Crippen LogP contribution in [-0.4, -0.2) is 36.1 Å². The molecule has 5 nitrogen and oxygen atoms in total. The number of nitrogens with one attached hydrogen (secondary N) is 1. The second-order valence-electron chi connectivity index (χ2n) is 4.35. The zero-order chi connectivity index (χ0) is 12.9. The summed E-state index contributed by atoms with van der Waals surface area (Å²) in [4.78, 5) is 10.9. The van der Waals surface area contributed by atoms with E-state index in [2.05, 4.69) is 20.2 Å². The quantitative estimate of drug-likeness (QED) is 0.905. The second kappa shape index (κ2) is 5.67. The van der Waals surface area contributed by atoms with Gasteiger partial charge in [-0.05, 0) is 12.1 Å². The molecule has 1 aliphatic rings. The topological polar surface area (TPSA) is 50.3 Å². The molecule has 98 valence electrons. The number of hydrogen-bond donors (Lipinski definition) is 1. The first-order valence-corrected chi connectivity index (χ1v) is 6.43. The van der Waals surface area contributed by atoms with Crippen molar-refractivity contribution >= 4 is 5.95 Å². The minimum Gasteiger partial charge on any atom is -0.439 e. The first kappa shape index (κ1) is 11.9. The van der Waals surface area contributed by atoms with Gasteiger partial charge in [0.1, 0.15) is 5.75 Å². The molecule has 3 rings (SSSR count). The van der Waals surface area contributed by atoms with E-state index in [1.54, 1.807) is 12.3 Å². The van der Waals surface area contributed by atoms with Crippen molar-refractivity contribution in [2.24, 2.45) is 0 Å². The van der Waals surface area contributed by atoms with Gasteiger partial charge in [0.05, 0.1) is 0 Å². The van der Waals surface area contributed by atoms with Crippen LogP contribution in [0.5, 0.6) is 11.6 Å². The molecule has 1 fully saturated rings. The van der Waals surface area contributed by atoms with Crippen molar-refractivity contribution in [3.05, 3.63) is 42.6 Å². The van der Waals surface area contributed by atoms with E-state index < -0.39 is 0 Å².